The highest BCUT2D eigenvalue weighted by Crippen LogP contribution is 2.30. The lowest BCUT2D eigenvalue weighted by atomic mass is 9.88. The molecular weight excluding hydrogens is 313 g/mol. The quantitative estimate of drug-likeness (QED) is 0.447. The number of nitrogens with zero attached hydrogens (tertiary/aromatic N) is 1. The van der Waals surface area contributed by atoms with Crippen molar-refractivity contribution in [1.82, 2.24) is 0 Å². The van der Waals surface area contributed by atoms with Gasteiger partial charge in [0.15, 0.2) is 0 Å². The normalized spacial score (nSPS) is 18.6. The average molecular weight is 341 g/mol. The molecule has 0 aliphatic carbocycles. The maximum absolute atomic E-state index is 6.39. The lowest BCUT2D eigenvalue weighted by Crippen LogP contribution is -2.49. The first kappa shape index (κ1) is 17.8. The van der Waals surface area contributed by atoms with E-state index in [2.05, 4.69) is 32.6 Å². The van der Waals surface area contributed by atoms with Crippen molar-refractivity contribution in [2.45, 2.75) is 33.1 Å². The topological polar surface area (TPSA) is 0 Å². The summed E-state index contributed by atoms with van der Waals surface area (Å²) in [6.45, 7) is 13.5. The van der Waals surface area contributed by atoms with E-state index in [9.17, 15) is 0 Å². The second-order valence-corrected chi connectivity index (χ2v) is 7.94. The summed E-state index contributed by atoms with van der Waals surface area (Å²) in [5, 5.41) is 1.51. The Morgan fingerprint density at radius 3 is 2.45 bits per heavy atom. The molecule has 0 bridgehead atoms. The highest BCUT2D eigenvalue weighted by molar-refractivity contribution is 6.35. The van der Waals surface area contributed by atoms with Gasteiger partial charge in [0.2, 0.25) is 0 Å². The number of quaternary nitrogens is 1. The van der Waals surface area contributed by atoms with Crippen molar-refractivity contribution in [1.29, 1.82) is 0 Å². The summed E-state index contributed by atoms with van der Waals surface area (Å²) in [4.78, 5) is 0. The fraction of sp³-hybridized carbons (Fsp3) is 0.579. The van der Waals surface area contributed by atoms with E-state index in [0.717, 1.165) is 18.0 Å². The summed E-state index contributed by atoms with van der Waals surface area (Å²) in [7, 11) is 0. The highest BCUT2D eigenvalue weighted by Gasteiger charge is 2.34. The van der Waals surface area contributed by atoms with E-state index < -0.39 is 0 Å². The Hall–Kier alpha value is -0.500. The number of benzene rings is 1. The largest absolute Gasteiger partial charge is 0.320 e. The van der Waals surface area contributed by atoms with Crippen LogP contribution in [0.25, 0.3) is 0 Å². The van der Waals surface area contributed by atoms with Crippen LogP contribution in [0.3, 0.4) is 0 Å². The Morgan fingerprint density at radius 1 is 1.23 bits per heavy atom. The molecule has 2 rings (SSSR count). The molecule has 0 radical (unpaired) electrons. The summed E-state index contributed by atoms with van der Waals surface area (Å²) < 4.78 is 1.21. The highest BCUT2D eigenvalue weighted by atomic mass is 35.5. The number of likely N-dealkylation sites (tertiary alicyclic amines) is 1. The van der Waals surface area contributed by atoms with Gasteiger partial charge in [0, 0.05) is 28.8 Å². The molecule has 1 nitrogen and oxygen atoms in total. The monoisotopic (exact) mass is 340 g/mol. The summed E-state index contributed by atoms with van der Waals surface area (Å²) >= 11 is 12.4. The molecule has 1 aliphatic heterocycles. The summed E-state index contributed by atoms with van der Waals surface area (Å²) in [6.07, 6.45) is 5.82. The van der Waals surface area contributed by atoms with Crippen LogP contribution in [0.2, 0.25) is 10.0 Å². The molecule has 1 aromatic carbocycles. The molecule has 1 aliphatic rings. The lowest BCUT2D eigenvalue weighted by molar-refractivity contribution is -0.914. The Labute approximate surface area is 145 Å². The maximum Gasteiger partial charge on any atom is 0.0971 e. The smallest absolute Gasteiger partial charge is 0.0971 e. The average Bonchev–Trinajstić information content (AvgIpc) is 2.89. The number of halogens is 2. The van der Waals surface area contributed by atoms with Crippen LogP contribution in [-0.4, -0.2) is 30.7 Å². The molecule has 0 aromatic heterocycles. The number of rotatable bonds is 7. The van der Waals surface area contributed by atoms with Gasteiger partial charge < -0.3 is 4.48 Å². The zero-order valence-corrected chi connectivity index (χ0v) is 15.3. The third-order valence-electron chi connectivity index (χ3n) is 5.09. The Bertz CT molecular complexity index is 504. The molecule has 0 N–H and O–H groups in total. The van der Waals surface area contributed by atoms with Crippen molar-refractivity contribution < 1.29 is 4.48 Å². The van der Waals surface area contributed by atoms with E-state index in [0.29, 0.717) is 16.9 Å². The van der Waals surface area contributed by atoms with Gasteiger partial charge in [0.25, 0.3) is 0 Å². The number of hydrogen-bond acceptors (Lipinski definition) is 0. The molecule has 1 atom stereocenters. The Morgan fingerprint density at radius 2 is 1.91 bits per heavy atom. The van der Waals surface area contributed by atoms with Crippen LogP contribution in [0, 0.1) is 11.8 Å². The Balaban J connectivity index is 2.14. The van der Waals surface area contributed by atoms with Crippen LogP contribution < -0.4 is 0 Å². The van der Waals surface area contributed by atoms with Gasteiger partial charge in [-0.3, -0.25) is 0 Å². The van der Waals surface area contributed by atoms with Crippen LogP contribution in [0.4, 0.5) is 0 Å². The van der Waals surface area contributed by atoms with Crippen molar-refractivity contribution >= 4 is 23.2 Å². The molecule has 0 amide bonds. The summed E-state index contributed by atoms with van der Waals surface area (Å²) in [6, 6.07) is 5.89. The van der Waals surface area contributed by atoms with E-state index >= 15 is 0 Å². The SMILES string of the molecule is C=CC[N+]1(CC(Cc2ccc(Cl)cc2Cl)C(C)C)CCCC1. The maximum atomic E-state index is 6.39. The third-order valence-corrected chi connectivity index (χ3v) is 5.68. The minimum absolute atomic E-state index is 0.636. The van der Waals surface area contributed by atoms with E-state index in [1.54, 1.807) is 0 Å². The zero-order valence-electron chi connectivity index (χ0n) is 13.8. The van der Waals surface area contributed by atoms with Crippen molar-refractivity contribution in [3.8, 4) is 0 Å². The number of hydrogen-bond donors (Lipinski definition) is 0. The van der Waals surface area contributed by atoms with Crippen LogP contribution >= 0.6 is 23.2 Å². The van der Waals surface area contributed by atoms with Gasteiger partial charge in [-0.05, 0) is 36.1 Å². The second kappa shape index (κ2) is 7.86. The van der Waals surface area contributed by atoms with E-state index in [-0.39, 0.29) is 0 Å². The van der Waals surface area contributed by atoms with Crippen LogP contribution in [0.15, 0.2) is 30.9 Å². The third kappa shape index (κ3) is 4.50. The van der Waals surface area contributed by atoms with Crippen LogP contribution in [-0.2, 0) is 6.42 Å². The van der Waals surface area contributed by atoms with Crippen molar-refractivity contribution in [3.05, 3.63) is 46.5 Å². The standard InChI is InChI=1S/C19H28Cl2N/c1-4-9-22(10-5-6-11-22)14-17(15(2)3)12-16-7-8-18(20)13-19(16)21/h4,7-8,13,15,17H,1,5-6,9-12,14H2,2-3H3/q+1. The molecule has 1 fully saturated rings. The van der Waals surface area contributed by atoms with Gasteiger partial charge in [0.05, 0.1) is 26.2 Å². The first-order valence-electron chi connectivity index (χ1n) is 8.36. The van der Waals surface area contributed by atoms with Crippen LogP contribution in [0.5, 0.6) is 0 Å². The minimum atomic E-state index is 0.636. The molecule has 1 heterocycles. The summed E-state index contributed by atoms with van der Waals surface area (Å²) in [5.74, 6) is 1.28. The molecule has 1 saturated heterocycles. The van der Waals surface area contributed by atoms with Gasteiger partial charge in [0.1, 0.15) is 0 Å². The van der Waals surface area contributed by atoms with Crippen molar-refractivity contribution in [2.75, 3.05) is 26.2 Å². The molecule has 1 aromatic rings. The first-order chi connectivity index (χ1) is 10.5. The fourth-order valence-electron chi connectivity index (χ4n) is 3.70. The van der Waals surface area contributed by atoms with Crippen molar-refractivity contribution in [3.63, 3.8) is 0 Å². The van der Waals surface area contributed by atoms with Crippen molar-refractivity contribution in [2.24, 2.45) is 11.8 Å². The minimum Gasteiger partial charge on any atom is -0.320 e. The van der Waals surface area contributed by atoms with Gasteiger partial charge in [-0.1, -0.05) is 49.7 Å². The summed E-state index contributed by atoms with van der Waals surface area (Å²) in [5.41, 5.74) is 1.22. The predicted octanol–water partition coefficient (Wildman–Crippen LogP) is 5.60. The molecule has 122 valence electrons. The van der Waals surface area contributed by atoms with E-state index in [4.69, 9.17) is 23.2 Å². The lowest BCUT2D eigenvalue weighted by Gasteiger charge is -2.38. The predicted molar refractivity (Wildman–Crippen MR) is 97.7 cm³/mol. The van der Waals surface area contributed by atoms with E-state index in [1.165, 1.54) is 42.5 Å². The second-order valence-electron chi connectivity index (χ2n) is 7.09. The molecule has 0 saturated carbocycles. The molecule has 22 heavy (non-hydrogen) atoms. The fourth-order valence-corrected chi connectivity index (χ4v) is 4.18. The Kier molecular flexibility index (Phi) is 6.37. The first-order valence-corrected chi connectivity index (χ1v) is 9.11. The van der Waals surface area contributed by atoms with Gasteiger partial charge in [-0.15, -0.1) is 0 Å². The molecular formula is C19H28Cl2N+. The zero-order chi connectivity index (χ0) is 16.2. The van der Waals surface area contributed by atoms with Crippen LogP contribution in [0.1, 0.15) is 32.3 Å². The molecule has 1 unspecified atom stereocenters. The molecule has 3 heteroatoms. The molecule has 0 spiro atoms. The van der Waals surface area contributed by atoms with Gasteiger partial charge in [-0.25, -0.2) is 0 Å². The van der Waals surface area contributed by atoms with Gasteiger partial charge >= 0.3 is 0 Å². The van der Waals surface area contributed by atoms with Gasteiger partial charge in [-0.2, -0.15) is 0 Å². The van der Waals surface area contributed by atoms with E-state index in [1.807, 2.05) is 12.1 Å².